The first-order valence-electron chi connectivity index (χ1n) is 7.49. The van der Waals surface area contributed by atoms with Crippen LogP contribution in [-0.2, 0) is 17.6 Å². The zero-order valence-electron chi connectivity index (χ0n) is 13.2. The SMILES string of the molecule is COc1ccc(CCC(=O)CCc2ccc(OC)cc2)cc1. The summed E-state index contributed by atoms with van der Waals surface area (Å²) in [5.74, 6) is 1.98. The molecule has 0 saturated heterocycles. The summed E-state index contributed by atoms with van der Waals surface area (Å²) in [5, 5.41) is 0. The summed E-state index contributed by atoms with van der Waals surface area (Å²) in [5.41, 5.74) is 2.33. The number of benzene rings is 2. The summed E-state index contributed by atoms with van der Waals surface area (Å²) in [6, 6.07) is 15.7. The van der Waals surface area contributed by atoms with E-state index in [1.165, 1.54) is 11.1 Å². The number of carbonyl (C=O) groups is 1. The highest BCUT2D eigenvalue weighted by atomic mass is 16.5. The Balaban J connectivity index is 1.74. The minimum atomic E-state index is 0.298. The van der Waals surface area contributed by atoms with Crippen molar-refractivity contribution in [1.29, 1.82) is 0 Å². The van der Waals surface area contributed by atoms with Gasteiger partial charge in [0.1, 0.15) is 17.3 Å². The highest BCUT2D eigenvalue weighted by Gasteiger charge is 2.04. The van der Waals surface area contributed by atoms with Crippen molar-refractivity contribution in [3.8, 4) is 11.5 Å². The van der Waals surface area contributed by atoms with Gasteiger partial charge in [-0.05, 0) is 48.2 Å². The highest BCUT2D eigenvalue weighted by Crippen LogP contribution is 2.15. The molecule has 0 aromatic heterocycles. The van der Waals surface area contributed by atoms with Crippen LogP contribution in [0.5, 0.6) is 11.5 Å². The molecule has 0 saturated carbocycles. The number of carbonyl (C=O) groups excluding carboxylic acids is 1. The molecule has 0 bridgehead atoms. The predicted octanol–water partition coefficient (Wildman–Crippen LogP) is 3.84. The lowest BCUT2D eigenvalue weighted by molar-refractivity contribution is -0.119. The maximum atomic E-state index is 12.0. The third kappa shape index (κ3) is 4.92. The fraction of sp³-hybridized carbons (Fsp3) is 0.316. The Labute approximate surface area is 131 Å². The molecule has 0 spiro atoms. The lowest BCUT2D eigenvalue weighted by Gasteiger charge is -2.05. The minimum absolute atomic E-state index is 0.298. The van der Waals surface area contributed by atoms with E-state index in [4.69, 9.17) is 9.47 Å². The van der Waals surface area contributed by atoms with Crippen LogP contribution >= 0.6 is 0 Å². The van der Waals surface area contributed by atoms with Gasteiger partial charge in [0, 0.05) is 12.8 Å². The van der Waals surface area contributed by atoms with Gasteiger partial charge in [-0.1, -0.05) is 24.3 Å². The lowest BCUT2D eigenvalue weighted by Crippen LogP contribution is -2.02. The molecule has 2 aromatic carbocycles. The molecule has 0 aliphatic heterocycles. The fourth-order valence-electron chi connectivity index (χ4n) is 2.28. The van der Waals surface area contributed by atoms with Crippen molar-refractivity contribution in [3.05, 3.63) is 59.7 Å². The number of ketones is 1. The van der Waals surface area contributed by atoms with Crippen LogP contribution < -0.4 is 9.47 Å². The number of hydrogen-bond donors (Lipinski definition) is 0. The Morgan fingerprint density at radius 1 is 0.727 bits per heavy atom. The van der Waals surface area contributed by atoms with E-state index in [2.05, 4.69) is 0 Å². The first kappa shape index (κ1) is 16.1. The molecule has 0 unspecified atom stereocenters. The molecule has 116 valence electrons. The zero-order valence-corrected chi connectivity index (χ0v) is 13.2. The van der Waals surface area contributed by atoms with Crippen LogP contribution in [0.4, 0.5) is 0 Å². The number of aryl methyl sites for hydroxylation is 2. The molecule has 22 heavy (non-hydrogen) atoms. The Morgan fingerprint density at radius 3 is 1.41 bits per heavy atom. The second kappa shape index (κ2) is 8.23. The van der Waals surface area contributed by atoms with Gasteiger partial charge in [0.25, 0.3) is 0 Å². The van der Waals surface area contributed by atoms with Gasteiger partial charge in [-0.2, -0.15) is 0 Å². The maximum Gasteiger partial charge on any atom is 0.133 e. The van der Waals surface area contributed by atoms with Crippen molar-refractivity contribution >= 4 is 5.78 Å². The fourth-order valence-corrected chi connectivity index (χ4v) is 2.28. The average Bonchev–Trinajstić information content (AvgIpc) is 2.59. The molecular weight excluding hydrogens is 276 g/mol. The molecule has 2 rings (SSSR count). The quantitative estimate of drug-likeness (QED) is 0.743. The average molecular weight is 298 g/mol. The van der Waals surface area contributed by atoms with Crippen LogP contribution in [-0.4, -0.2) is 20.0 Å². The first-order chi connectivity index (χ1) is 10.7. The van der Waals surface area contributed by atoms with Gasteiger partial charge in [0.2, 0.25) is 0 Å². The first-order valence-corrected chi connectivity index (χ1v) is 7.49. The third-order valence-corrected chi connectivity index (χ3v) is 3.70. The second-order valence-corrected chi connectivity index (χ2v) is 5.23. The number of hydrogen-bond acceptors (Lipinski definition) is 3. The minimum Gasteiger partial charge on any atom is -0.497 e. The normalized spacial score (nSPS) is 10.3. The van der Waals surface area contributed by atoms with E-state index in [1.807, 2.05) is 48.5 Å². The van der Waals surface area contributed by atoms with Crippen LogP contribution in [0.15, 0.2) is 48.5 Å². The molecule has 0 N–H and O–H groups in total. The number of rotatable bonds is 8. The topological polar surface area (TPSA) is 35.5 Å². The molecule has 0 amide bonds. The van der Waals surface area contributed by atoms with Gasteiger partial charge in [-0.3, -0.25) is 4.79 Å². The third-order valence-electron chi connectivity index (χ3n) is 3.70. The van der Waals surface area contributed by atoms with Crippen molar-refractivity contribution in [2.24, 2.45) is 0 Å². The molecular formula is C19H22O3. The van der Waals surface area contributed by atoms with Crippen molar-refractivity contribution in [2.75, 3.05) is 14.2 Å². The maximum absolute atomic E-state index is 12.0. The van der Waals surface area contributed by atoms with Crippen LogP contribution in [0.1, 0.15) is 24.0 Å². The molecule has 3 heteroatoms. The number of methoxy groups -OCH3 is 2. The van der Waals surface area contributed by atoms with Gasteiger partial charge in [0.15, 0.2) is 0 Å². The standard InChI is InChI=1S/C19H22O3/c1-21-18-11-5-15(6-12-18)3-9-17(20)10-4-16-7-13-19(22-2)14-8-16/h5-8,11-14H,3-4,9-10H2,1-2H3. The van der Waals surface area contributed by atoms with E-state index >= 15 is 0 Å². The molecule has 0 aliphatic rings. The highest BCUT2D eigenvalue weighted by molar-refractivity contribution is 5.78. The van der Waals surface area contributed by atoms with E-state index in [-0.39, 0.29) is 0 Å². The van der Waals surface area contributed by atoms with Crippen LogP contribution in [0.25, 0.3) is 0 Å². The summed E-state index contributed by atoms with van der Waals surface area (Å²) in [7, 11) is 3.30. The number of Topliss-reactive ketones (excluding diaryl/α,β-unsaturated/α-hetero) is 1. The lowest BCUT2D eigenvalue weighted by atomic mass is 10.0. The van der Waals surface area contributed by atoms with Gasteiger partial charge in [-0.25, -0.2) is 0 Å². The zero-order chi connectivity index (χ0) is 15.8. The van der Waals surface area contributed by atoms with Crippen molar-refractivity contribution in [1.82, 2.24) is 0 Å². The molecule has 3 nitrogen and oxygen atoms in total. The Bertz CT molecular complexity index is 532. The van der Waals surface area contributed by atoms with E-state index in [0.29, 0.717) is 18.6 Å². The number of ether oxygens (including phenoxy) is 2. The van der Waals surface area contributed by atoms with E-state index < -0.39 is 0 Å². The Hall–Kier alpha value is -2.29. The summed E-state index contributed by atoms with van der Waals surface area (Å²) < 4.78 is 10.2. The molecule has 2 aromatic rings. The molecule has 0 radical (unpaired) electrons. The Morgan fingerprint density at radius 2 is 1.09 bits per heavy atom. The smallest absolute Gasteiger partial charge is 0.133 e. The van der Waals surface area contributed by atoms with E-state index in [1.54, 1.807) is 14.2 Å². The predicted molar refractivity (Wildman–Crippen MR) is 87.6 cm³/mol. The molecule has 0 heterocycles. The van der Waals surface area contributed by atoms with E-state index in [9.17, 15) is 4.79 Å². The molecule has 0 aliphatic carbocycles. The summed E-state index contributed by atoms with van der Waals surface area (Å²) in [4.78, 5) is 12.0. The second-order valence-electron chi connectivity index (χ2n) is 5.23. The molecule has 0 atom stereocenters. The van der Waals surface area contributed by atoms with Crippen molar-refractivity contribution < 1.29 is 14.3 Å². The summed E-state index contributed by atoms with van der Waals surface area (Å²) in [6.45, 7) is 0. The monoisotopic (exact) mass is 298 g/mol. The van der Waals surface area contributed by atoms with E-state index in [0.717, 1.165) is 24.3 Å². The van der Waals surface area contributed by atoms with Gasteiger partial charge in [0.05, 0.1) is 14.2 Å². The molecule has 0 fully saturated rings. The largest absolute Gasteiger partial charge is 0.497 e. The Kier molecular flexibility index (Phi) is 6.01. The van der Waals surface area contributed by atoms with Crippen LogP contribution in [0.3, 0.4) is 0 Å². The van der Waals surface area contributed by atoms with Crippen molar-refractivity contribution in [3.63, 3.8) is 0 Å². The summed E-state index contributed by atoms with van der Waals surface area (Å²) in [6.07, 6.45) is 2.74. The van der Waals surface area contributed by atoms with Gasteiger partial charge in [-0.15, -0.1) is 0 Å². The van der Waals surface area contributed by atoms with Crippen LogP contribution in [0, 0.1) is 0 Å². The van der Waals surface area contributed by atoms with Crippen LogP contribution in [0.2, 0.25) is 0 Å². The van der Waals surface area contributed by atoms with Gasteiger partial charge < -0.3 is 9.47 Å². The van der Waals surface area contributed by atoms with Crippen molar-refractivity contribution in [2.45, 2.75) is 25.7 Å². The summed E-state index contributed by atoms with van der Waals surface area (Å²) >= 11 is 0. The van der Waals surface area contributed by atoms with Gasteiger partial charge >= 0.3 is 0 Å².